The molecule has 5 rings (SSSR count). The van der Waals surface area contributed by atoms with E-state index in [-0.39, 0.29) is 17.9 Å². The van der Waals surface area contributed by atoms with E-state index < -0.39 is 0 Å². The Labute approximate surface area is 203 Å². The molecule has 0 saturated carbocycles. The Kier molecular flexibility index (Phi) is 6.39. The molecule has 2 aromatic heterocycles. The summed E-state index contributed by atoms with van der Waals surface area (Å²) in [4.78, 5) is 36.5. The van der Waals surface area contributed by atoms with E-state index in [9.17, 15) is 9.59 Å². The summed E-state index contributed by atoms with van der Waals surface area (Å²) in [5.74, 6) is 1.32. The number of anilines is 1. The summed E-state index contributed by atoms with van der Waals surface area (Å²) in [6, 6.07) is 7.04. The second-order valence-corrected chi connectivity index (χ2v) is 8.89. The SMILES string of the molecule is C=CC(=O)N1CCCC[C@@H](n2c(NC(=O)c3ccnc(C)c3)nc3ccc4c(c32)OCCCO4)C1. The number of likely N-dealkylation sites (tertiary alicyclic amines) is 1. The number of imidazole rings is 1. The van der Waals surface area contributed by atoms with Gasteiger partial charge in [0.25, 0.3) is 5.91 Å². The molecule has 1 fully saturated rings. The third-order valence-electron chi connectivity index (χ3n) is 6.44. The monoisotopic (exact) mass is 475 g/mol. The predicted molar refractivity (Wildman–Crippen MR) is 132 cm³/mol. The highest BCUT2D eigenvalue weighted by atomic mass is 16.5. The number of ether oxygens (including phenoxy) is 2. The van der Waals surface area contributed by atoms with Crippen LogP contribution in [0.5, 0.6) is 11.5 Å². The van der Waals surface area contributed by atoms with Gasteiger partial charge in [-0.1, -0.05) is 6.58 Å². The van der Waals surface area contributed by atoms with Crippen molar-refractivity contribution in [2.45, 2.75) is 38.6 Å². The third kappa shape index (κ3) is 4.58. The van der Waals surface area contributed by atoms with E-state index in [1.807, 2.05) is 28.5 Å². The lowest BCUT2D eigenvalue weighted by Crippen LogP contribution is -2.34. The maximum Gasteiger partial charge on any atom is 0.258 e. The molecular formula is C26H29N5O4. The largest absolute Gasteiger partial charge is 0.489 e. The minimum Gasteiger partial charge on any atom is -0.489 e. The number of rotatable bonds is 4. The zero-order valence-corrected chi connectivity index (χ0v) is 19.8. The van der Waals surface area contributed by atoms with E-state index in [4.69, 9.17) is 14.5 Å². The van der Waals surface area contributed by atoms with E-state index in [2.05, 4.69) is 16.9 Å². The summed E-state index contributed by atoms with van der Waals surface area (Å²) in [6.07, 6.45) is 6.41. The Morgan fingerprint density at radius 2 is 2.03 bits per heavy atom. The minimum atomic E-state index is -0.275. The van der Waals surface area contributed by atoms with Crippen molar-refractivity contribution in [3.63, 3.8) is 0 Å². The van der Waals surface area contributed by atoms with Crippen LogP contribution in [0.3, 0.4) is 0 Å². The average Bonchev–Trinajstić information content (AvgIpc) is 3.04. The molecule has 2 amide bonds. The number of carbonyl (C=O) groups excluding carboxylic acids is 2. The molecule has 2 aliphatic rings. The van der Waals surface area contributed by atoms with Crippen molar-refractivity contribution in [2.75, 3.05) is 31.6 Å². The molecule has 1 N–H and O–H groups in total. The summed E-state index contributed by atoms with van der Waals surface area (Å²) in [5.41, 5.74) is 2.72. The van der Waals surface area contributed by atoms with Gasteiger partial charge in [0, 0.05) is 37.0 Å². The van der Waals surface area contributed by atoms with Crippen LogP contribution in [0.2, 0.25) is 0 Å². The molecular weight excluding hydrogens is 446 g/mol. The molecule has 35 heavy (non-hydrogen) atoms. The number of nitrogens with zero attached hydrogens (tertiary/aromatic N) is 4. The fourth-order valence-corrected chi connectivity index (χ4v) is 4.77. The van der Waals surface area contributed by atoms with Crippen LogP contribution in [0.1, 0.15) is 47.8 Å². The van der Waals surface area contributed by atoms with Crippen LogP contribution in [0, 0.1) is 6.92 Å². The molecule has 0 spiro atoms. The number of benzene rings is 1. The molecule has 182 valence electrons. The highest BCUT2D eigenvalue weighted by Crippen LogP contribution is 2.41. The van der Waals surface area contributed by atoms with E-state index in [1.54, 1.807) is 18.3 Å². The van der Waals surface area contributed by atoms with Crippen LogP contribution < -0.4 is 14.8 Å². The van der Waals surface area contributed by atoms with Crippen molar-refractivity contribution >= 4 is 28.8 Å². The van der Waals surface area contributed by atoms with Crippen molar-refractivity contribution < 1.29 is 19.1 Å². The average molecular weight is 476 g/mol. The van der Waals surface area contributed by atoms with Crippen LogP contribution in [0.4, 0.5) is 5.95 Å². The molecule has 1 aromatic carbocycles. The summed E-state index contributed by atoms with van der Waals surface area (Å²) < 4.78 is 14.1. The van der Waals surface area contributed by atoms with Crippen molar-refractivity contribution in [2.24, 2.45) is 0 Å². The van der Waals surface area contributed by atoms with Crippen LogP contribution in [0.15, 0.2) is 43.1 Å². The normalized spacial score (nSPS) is 18.0. The number of fused-ring (bicyclic) bond motifs is 3. The van der Waals surface area contributed by atoms with Gasteiger partial charge < -0.3 is 18.9 Å². The van der Waals surface area contributed by atoms with Crippen LogP contribution >= 0.6 is 0 Å². The summed E-state index contributed by atoms with van der Waals surface area (Å²) in [7, 11) is 0. The number of nitrogens with one attached hydrogen (secondary N) is 1. The van der Waals surface area contributed by atoms with Gasteiger partial charge in [0.15, 0.2) is 11.5 Å². The molecule has 0 radical (unpaired) electrons. The first-order chi connectivity index (χ1) is 17.0. The molecule has 1 atom stereocenters. The standard InChI is InChI=1S/C26H29N5O4/c1-3-22(32)30-12-5-4-7-19(16-30)31-23-20(8-9-21-24(23)35-14-6-13-34-21)28-26(31)29-25(33)18-10-11-27-17(2)15-18/h3,8-11,15,19H,1,4-7,12-14,16H2,2H3,(H,28,29,33)/t19-/m1/s1. The van der Waals surface area contributed by atoms with E-state index >= 15 is 0 Å². The lowest BCUT2D eigenvalue weighted by atomic mass is 10.1. The highest BCUT2D eigenvalue weighted by Gasteiger charge is 2.29. The molecule has 2 aliphatic heterocycles. The molecule has 4 heterocycles. The number of carbonyl (C=O) groups is 2. The van der Waals surface area contributed by atoms with Gasteiger partial charge in [-0.15, -0.1) is 0 Å². The van der Waals surface area contributed by atoms with Crippen molar-refractivity contribution in [3.8, 4) is 11.5 Å². The summed E-state index contributed by atoms with van der Waals surface area (Å²) >= 11 is 0. The zero-order chi connectivity index (χ0) is 24.4. The first-order valence-corrected chi connectivity index (χ1v) is 12.0. The van der Waals surface area contributed by atoms with E-state index in [0.29, 0.717) is 54.8 Å². The second kappa shape index (κ2) is 9.77. The Balaban J connectivity index is 1.63. The smallest absolute Gasteiger partial charge is 0.258 e. The Bertz CT molecular complexity index is 1280. The first kappa shape index (κ1) is 22.9. The van der Waals surface area contributed by atoms with E-state index in [0.717, 1.165) is 36.9 Å². The Morgan fingerprint density at radius 1 is 1.17 bits per heavy atom. The van der Waals surface area contributed by atoms with Gasteiger partial charge in [-0.2, -0.15) is 0 Å². The third-order valence-corrected chi connectivity index (χ3v) is 6.44. The lowest BCUT2D eigenvalue weighted by Gasteiger charge is -2.26. The van der Waals surface area contributed by atoms with Gasteiger partial charge in [-0.3, -0.25) is 19.9 Å². The number of hydrogen-bond donors (Lipinski definition) is 1. The van der Waals surface area contributed by atoms with Crippen molar-refractivity contribution in [1.82, 2.24) is 19.4 Å². The maximum absolute atomic E-state index is 13.2. The quantitative estimate of drug-likeness (QED) is 0.575. The Morgan fingerprint density at radius 3 is 2.86 bits per heavy atom. The molecule has 0 aliphatic carbocycles. The van der Waals surface area contributed by atoms with Gasteiger partial charge >= 0.3 is 0 Å². The number of aromatic nitrogens is 3. The number of aryl methyl sites for hydroxylation is 1. The second-order valence-electron chi connectivity index (χ2n) is 8.89. The highest BCUT2D eigenvalue weighted by molar-refractivity contribution is 6.04. The molecule has 1 saturated heterocycles. The van der Waals surface area contributed by atoms with Gasteiger partial charge in [0.1, 0.15) is 5.52 Å². The van der Waals surface area contributed by atoms with Crippen molar-refractivity contribution in [3.05, 3.63) is 54.4 Å². The first-order valence-electron chi connectivity index (χ1n) is 12.0. The van der Waals surface area contributed by atoms with Gasteiger partial charge in [-0.05, 0) is 56.5 Å². The molecule has 0 unspecified atom stereocenters. The van der Waals surface area contributed by atoms with Gasteiger partial charge in [0.05, 0.1) is 24.8 Å². The number of amides is 2. The number of pyridine rings is 1. The van der Waals surface area contributed by atoms with Crippen molar-refractivity contribution in [1.29, 1.82) is 0 Å². The fraction of sp³-hybridized carbons (Fsp3) is 0.385. The fourth-order valence-electron chi connectivity index (χ4n) is 4.77. The van der Waals surface area contributed by atoms with Gasteiger partial charge in [-0.25, -0.2) is 4.98 Å². The minimum absolute atomic E-state index is 0.0995. The summed E-state index contributed by atoms with van der Waals surface area (Å²) in [5, 5.41) is 3.01. The van der Waals surface area contributed by atoms with Crippen LogP contribution in [0.25, 0.3) is 11.0 Å². The predicted octanol–water partition coefficient (Wildman–Crippen LogP) is 3.89. The Hall–Kier alpha value is -3.88. The van der Waals surface area contributed by atoms with E-state index in [1.165, 1.54) is 6.08 Å². The zero-order valence-electron chi connectivity index (χ0n) is 19.8. The van der Waals surface area contributed by atoms with Gasteiger partial charge in [0.2, 0.25) is 11.9 Å². The van der Waals surface area contributed by atoms with Crippen LogP contribution in [-0.2, 0) is 4.79 Å². The summed E-state index contributed by atoms with van der Waals surface area (Å²) in [6.45, 7) is 7.76. The molecule has 9 heteroatoms. The number of hydrogen-bond acceptors (Lipinski definition) is 6. The maximum atomic E-state index is 13.2. The molecule has 3 aromatic rings. The molecule has 9 nitrogen and oxygen atoms in total. The lowest BCUT2D eigenvalue weighted by molar-refractivity contribution is -0.126. The molecule has 0 bridgehead atoms. The van der Waals surface area contributed by atoms with Crippen LogP contribution in [-0.4, -0.2) is 57.6 Å². The topological polar surface area (TPSA) is 98.6 Å².